The Bertz CT molecular complexity index is 558. The summed E-state index contributed by atoms with van der Waals surface area (Å²) in [4.78, 5) is 36.8. The van der Waals surface area contributed by atoms with Gasteiger partial charge in [-0.25, -0.2) is 0 Å². The quantitative estimate of drug-likeness (QED) is 0.490. The molecule has 23 heavy (non-hydrogen) atoms. The van der Waals surface area contributed by atoms with E-state index in [4.69, 9.17) is 4.74 Å². The molecule has 0 aliphatic carbocycles. The number of fused-ring (bicyclic) bond motifs is 1. The van der Waals surface area contributed by atoms with Crippen molar-refractivity contribution in [3.63, 3.8) is 0 Å². The van der Waals surface area contributed by atoms with Gasteiger partial charge in [0.1, 0.15) is 0 Å². The Morgan fingerprint density at radius 1 is 1.48 bits per heavy atom. The molecule has 1 fully saturated rings. The highest BCUT2D eigenvalue weighted by atomic mass is 32.2. The third kappa shape index (κ3) is 3.10. The number of aliphatic hydroxyl groups excluding tert-OH is 1. The van der Waals surface area contributed by atoms with Gasteiger partial charge in [0.05, 0.1) is 42.1 Å². The average Bonchev–Trinajstić information content (AvgIpc) is 2.71. The van der Waals surface area contributed by atoms with Crippen LogP contribution >= 0.6 is 11.8 Å². The van der Waals surface area contributed by atoms with Gasteiger partial charge in [-0.15, -0.1) is 11.8 Å². The Balaban J connectivity index is 2.15. The fourth-order valence-electron chi connectivity index (χ4n) is 3.10. The molecule has 0 spiro atoms. The van der Waals surface area contributed by atoms with E-state index in [0.29, 0.717) is 17.9 Å². The van der Waals surface area contributed by atoms with Gasteiger partial charge in [-0.3, -0.25) is 9.59 Å². The maximum absolute atomic E-state index is 12.1. The number of ether oxygens (including phenoxy) is 1. The fraction of sp³-hybridized carbons (Fsp3) is 0.667. The van der Waals surface area contributed by atoms with Crippen LogP contribution in [0.15, 0.2) is 10.6 Å². The number of nitrogens with zero attached hydrogens (tertiary/aromatic N) is 1. The second-order valence-electron chi connectivity index (χ2n) is 5.76. The van der Waals surface area contributed by atoms with E-state index in [0.717, 1.165) is 11.8 Å². The van der Waals surface area contributed by atoms with Gasteiger partial charge in [0, 0.05) is 10.8 Å². The van der Waals surface area contributed by atoms with Crippen LogP contribution in [0.3, 0.4) is 0 Å². The van der Waals surface area contributed by atoms with E-state index in [-0.39, 0.29) is 17.4 Å². The summed E-state index contributed by atoms with van der Waals surface area (Å²) in [7, 11) is 0. The molecule has 0 aromatic heterocycles. The number of hydrogen-bond acceptors (Lipinski definition) is 7. The molecule has 2 aliphatic heterocycles. The number of rotatable bonds is 7. The normalized spacial score (nSPS) is 27.6. The summed E-state index contributed by atoms with van der Waals surface area (Å²) in [5.74, 6) is -3.21. The van der Waals surface area contributed by atoms with Crippen molar-refractivity contribution in [3.8, 4) is 0 Å². The van der Waals surface area contributed by atoms with Gasteiger partial charge in [-0.1, -0.05) is 13.8 Å². The zero-order valence-electron chi connectivity index (χ0n) is 13.3. The Kier molecular flexibility index (Phi) is 5.36. The van der Waals surface area contributed by atoms with Crippen molar-refractivity contribution >= 4 is 29.6 Å². The highest BCUT2D eigenvalue weighted by molar-refractivity contribution is 8.03. The number of aliphatic hydroxyl groups is 1. The Morgan fingerprint density at radius 2 is 2.13 bits per heavy atom. The van der Waals surface area contributed by atoms with Crippen molar-refractivity contribution in [2.24, 2.45) is 11.8 Å². The summed E-state index contributed by atoms with van der Waals surface area (Å²) in [6.07, 6.45) is -0.145. The first kappa shape index (κ1) is 17.8. The number of aliphatic carboxylic acids is 1. The van der Waals surface area contributed by atoms with E-state index in [1.54, 1.807) is 6.92 Å². The molecule has 7 nitrogen and oxygen atoms in total. The van der Waals surface area contributed by atoms with Crippen molar-refractivity contribution in [2.45, 2.75) is 39.3 Å². The highest BCUT2D eigenvalue weighted by Gasteiger charge is 2.58. The van der Waals surface area contributed by atoms with Crippen molar-refractivity contribution < 1.29 is 29.3 Å². The van der Waals surface area contributed by atoms with Crippen molar-refractivity contribution in [1.82, 2.24) is 4.90 Å². The summed E-state index contributed by atoms with van der Waals surface area (Å²) in [6, 6.07) is -0.399. The number of carboxylic acids is 1. The first-order valence-corrected chi connectivity index (χ1v) is 8.54. The predicted molar refractivity (Wildman–Crippen MR) is 80.7 cm³/mol. The Morgan fingerprint density at radius 3 is 2.65 bits per heavy atom. The lowest BCUT2D eigenvalue weighted by molar-refractivity contribution is -0.301. The van der Waals surface area contributed by atoms with Crippen molar-refractivity contribution in [1.29, 1.82) is 0 Å². The van der Waals surface area contributed by atoms with Crippen LogP contribution in [0.1, 0.15) is 27.2 Å². The van der Waals surface area contributed by atoms with Crippen LogP contribution in [-0.4, -0.2) is 52.4 Å². The molecule has 2 rings (SSSR count). The van der Waals surface area contributed by atoms with Crippen LogP contribution < -0.4 is 5.11 Å². The van der Waals surface area contributed by atoms with Crippen LogP contribution in [0.2, 0.25) is 0 Å². The van der Waals surface area contributed by atoms with E-state index in [2.05, 4.69) is 0 Å². The van der Waals surface area contributed by atoms with E-state index >= 15 is 0 Å². The Hall–Kier alpha value is -1.54. The smallest absolute Gasteiger partial charge is 0.316 e. The fourth-order valence-corrected chi connectivity index (χ4v) is 4.18. The number of carboxylic acid groups (broad SMARTS) is 1. The van der Waals surface area contributed by atoms with Gasteiger partial charge in [0.25, 0.3) is 0 Å². The number of β-lactam (4-membered cyclic amide) rings is 1. The molecule has 0 radical (unpaired) electrons. The number of esters is 1. The second-order valence-corrected chi connectivity index (χ2v) is 6.78. The molecular weight excluding hydrogens is 322 g/mol. The third-order valence-corrected chi connectivity index (χ3v) is 5.37. The maximum Gasteiger partial charge on any atom is 0.316 e. The predicted octanol–water partition coefficient (Wildman–Crippen LogP) is -0.508. The van der Waals surface area contributed by atoms with Crippen LogP contribution in [0.4, 0.5) is 0 Å². The minimum absolute atomic E-state index is 0.0233. The van der Waals surface area contributed by atoms with Crippen molar-refractivity contribution in [2.75, 3.05) is 12.4 Å². The second kappa shape index (κ2) is 6.92. The molecule has 0 aromatic rings. The molecule has 4 atom stereocenters. The highest BCUT2D eigenvalue weighted by Crippen LogP contribution is 2.50. The van der Waals surface area contributed by atoms with Gasteiger partial charge < -0.3 is 24.6 Å². The van der Waals surface area contributed by atoms with Crippen LogP contribution in [0.5, 0.6) is 0 Å². The van der Waals surface area contributed by atoms with Gasteiger partial charge in [-0.2, -0.15) is 0 Å². The molecule has 128 valence electrons. The van der Waals surface area contributed by atoms with Crippen LogP contribution in [-0.2, 0) is 19.1 Å². The molecule has 0 aromatic carbocycles. The number of hydrogen-bond donors (Lipinski definition) is 1. The molecule has 2 aliphatic rings. The summed E-state index contributed by atoms with van der Waals surface area (Å²) in [6.45, 7) is 5.50. The number of amides is 1. The Labute approximate surface area is 138 Å². The van der Waals surface area contributed by atoms with Crippen molar-refractivity contribution in [3.05, 3.63) is 10.6 Å². The summed E-state index contributed by atoms with van der Waals surface area (Å²) in [5.41, 5.74) is -0.183. The molecular formula is C15H20NO6S-. The standard InChI is InChI=1S/C15H21NO6S/c1-4-5-22-9(18)6-23-13-7(2)11-10(8(3)17)14(19)16(11)12(13)15(20)21/h7-8,10-11,17H,4-6H2,1-3H3,(H,20,21)/p-1/t7-,8-,10-,11-/m1/s1. The largest absolute Gasteiger partial charge is 0.543 e. The van der Waals surface area contributed by atoms with Gasteiger partial charge >= 0.3 is 5.97 Å². The number of carbonyl (C=O) groups is 3. The SMILES string of the molecule is CCCOC(=O)CSC1=C(C(=O)[O-])N2C(=O)[C@H]([C@@H](C)O)[C@H]2[C@H]1C. The lowest BCUT2D eigenvalue weighted by atomic mass is 9.79. The zero-order chi connectivity index (χ0) is 17.3. The molecule has 1 saturated heterocycles. The molecule has 0 bridgehead atoms. The third-order valence-electron chi connectivity index (χ3n) is 4.11. The zero-order valence-corrected chi connectivity index (χ0v) is 14.1. The van der Waals surface area contributed by atoms with Gasteiger partial charge in [-0.05, 0) is 13.3 Å². The molecule has 2 heterocycles. The number of carbonyl (C=O) groups excluding carboxylic acids is 3. The topological polar surface area (TPSA) is 107 Å². The lowest BCUT2D eigenvalue weighted by Gasteiger charge is -2.47. The van der Waals surface area contributed by atoms with Gasteiger partial charge in [0.15, 0.2) is 0 Å². The van der Waals surface area contributed by atoms with E-state index in [9.17, 15) is 24.6 Å². The summed E-state index contributed by atoms with van der Waals surface area (Å²) >= 11 is 1.06. The molecule has 0 saturated carbocycles. The first-order valence-electron chi connectivity index (χ1n) is 7.56. The van der Waals surface area contributed by atoms with Crippen LogP contribution in [0.25, 0.3) is 0 Å². The lowest BCUT2D eigenvalue weighted by Crippen LogP contribution is -2.64. The summed E-state index contributed by atoms with van der Waals surface area (Å²) < 4.78 is 4.97. The monoisotopic (exact) mass is 342 g/mol. The average molecular weight is 342 g/mol. The molecule has 8 heteroatoms. The van der Waals surface area contributed by atoms with Gasteiger partial charge in [0.2, 0.25) is 5.91 Å². The minimum Gasteiger partial charge on any atom is -0.543 e. The van der Waals surface area contributed by atoms with Crippen LogP contribution in [0, 0.1) is 11.8 Å². The molecule has 0 unspecified atom stereocenters. The van der Waals surface area contributed by atoms with E-state index in [1.165, 1.54) is 11.8 Å². The minimum atomic E-state index is -1.44. The molecule has 1 N–H and O–H groups in total. The first-order chi connectivity index (χ1) is 10.8. The van der Waals surface area contributed by atoms with E-state index in [1.807, 2.05) is 6.92 Å². The summed E-state index contributed by atoms with van der Waals surface area (Å²) in [5, 5.41) is 21.2. The maximum atomic E-state index is 12.1. The van der Waals surface area contributed by atoms with E-state index < -0.39 is 35.9 Å². The molecule has 1 amide bonds. The number of thioether (sulfide) groups is 1.